The van der Waals surface area contributed by atoms with Crippen LogP contribution in [0.15, 0.2) is 164 Å². The standard InChI is InChI=1S/C20H20O3S.C19H20O3.C18H19NO3.C3H8O.C3H8.CH4.ClH/c21-19(12-13-20(22)23-14-4-5-15-24)18-10-8-17(9-11-18)16-6-2-1-3-7-16;1-2-14-22-19(21)13-12-18(20)17-10-8-16(9-11-17)15-6-4-3-5-7-15;19-12-13-22-18(21)11-10-17(20)16-8-6-15(7-9-16)14-4-2-1-3-5-14;1-2-3-4;1-3-2;;/h1-3,6-11,15H,4-5,12-14H2;3-11H,2,12-14H2,1H3;1-9H,10-13,19H2;4H,2-3H2,1H3;3H2,1-2H3;1H4;1H/i;;;;1TD;;. The van der Waals surface area contributed by atoms with Gasteiger partial charge in [-0.05, 0) is 64.4 Å². The Morgan fingerprint density at radius 1 is 0.506 bits per heavy atom. The van der Waals surface area contributed by atoms with Crippen LogP contribution in [0.3, 0.4) is 0 Å². The molecule has 0 bridgehead atoms. The molecule has 1 unspecified atom stereocenters. The van der Waals surface area contributed by atoms with Gasteiger partial charge >= 0.3 is 17.9 Å². The highest BCUT2D eigenvalue weighted by Crippen LogP contribution is 2.23. The van der Waals surface area contributed by atoms with E-state index in [2.05, 4.69) is 5.73 Å². The Morgan fingerprint density at radius 2 is 0.792 bits per heavy atom. The van der Waals surface area contributed by atoms with Gasteiger partial charge in [0.2, 0.25) is 0 Å². The molecule has 0 aromatic heterocycles. The fraction of sp³-hybridized carbons (Fsp3) is 0.328. The Labute approximate surface area is 472 Å². The lowest BCUT2D eigenvalue weighted by Crippen LogP contribution is -3.00. The predicted octanol–water partition coefficient (Wildman–Crippen LogP) is 10.5. The molecule has 414 valence electrons. The first-order chi connectivity index (χ1) is 37.3. The van der Waals surface area contributed by atoms with Crippen molar-refractivity contribution in [3.8, 4) is 33.4 Å². The van der Waals surface area contributed by atoms with Gasteiger partial charge in [-0.25, -0.2) is 0 Å². The van der Waals surface area contributed by atoms with Gasteiger partial charge in [0.25, 0.3) is 0 Å². The number of halogens is 1. The van der Waals surface area contributed by atoms with Gasteiger partial charge in [-0.2, -0.15) is 0 Å². The summed E-state index contributed by atoms with van der Waals surface area (Å²) in [6.45, 7) is 7.01. The topological polar surface area (TPSA) is 178 Å². The molecule has 6 rings (SSSR count). The van der Waals surface area contributed by atoms with Crippen LogP contribution in [0.2, 0.25) is 0 Å². The summed E-state index contributed by atoms with van der Waals surface area (Å²) < 4.78 is 27.9. The summed E-state index contributed by atoms with van der Waals surface area (Å²) in [5.74, 6) is -1.13. The number of ether oxygens (including phenoxy) is 3. The first kappa shape index (κ1) is 66.2. The SMILES string of the molecule is C.CCCO.CCCOC(=O)CCC(=O)c1ccc(-c2ccccc2)cc1.O=C(CCC(=O)c1ccc(-c2ccccc2)cc1)OCCCC=S.[2H]C([3H])CC.[Cl-].[NH3+]CCOC(=O)CCC(=O)c1ccc(-c2ccccc2)cc1. The minimum atomic E-state index is -0.616. The molecular formula is C64H80ClNO10S. The van der Waals surface area contributed by atoms with E-state index >= 15 is 0 Å². The smallest absolute Gasteiger partial charge is 0.306 e. The molecule has 0 radical (unpaired) electrons. The number of Topliss-reactive ketones (excluding diaryl/α,β-unsaturated/α-hetero) is 3. The molecule has 6 aromatic rings. The number of quaternary nitrogens is 1. The molecule has 0 aliphatic carbocycles. The van der Waals surface area contributed by atoms with Gasteiger partial charge in [-0.3, -0.25) is 28.8 Å². The average molecular weight is 1090 g/mol. The largest absolute Gasteiger partial charge is 1.00 e. The number of hydrogen-bond acceptors (Lipinski definition) is 11. The second-order valence-corrected chi connectivity index (χ2v) is 16.9. The normalized spacial score (nSPS) is 10.4. The Hall–Kier alpha value is -6.96. The van der Waals surface area contributed by atoms with E-state index in [0.29, 0.717) is 56.1 Å². The third-order valence-corrected chi connectivity index (χ3v) is 10.7. The minimum absolute atomic E-state index is 0. The van der Waals surface area contributed by atoms with Crippen LogP contribution in [0, 0.1) is 0 Å². The van der Waals surface area contributed by atoms with Gasteiger partial charge in [0.15, 0.2) is 17.3 Å². The zero-order valence-electron chi connectivity index (χ0n) is 46.2. The van der Waals surface area contributed by atoms with Gasteiger partial charge in [0.05, 0.1) is 32.5 Å². The van der Waals surface area contributed by atoms with Gasteiger partial charge in [-0.1, -0.05) is 218 Å². The van der Waals surface area contributed by atoms with Crippen LogP contribution >= 0.6 is 12.2 Å². The van der Waals surface area contributed by atoms with E-state index in [1.54, 1.807) is 29.6 Å². The highest BCUT2D eigenvalue weighted by atomic mass is 35.5. The second kappa shape index (κ2) is 44.2. The molecule has 0 heterocycles. The number of hydrogen-bond donors (Lipinski definition) is 2. The maximum absolute atomic E-state index is 12.1. The zero-order chi connectivity index (χ0) is 56.5. The van der Waals surface area contributed by atoms with Crippen molar-refractivity contribution in [2.75, 3.05) is 33.0 Å². The minimum Gasteiger partial charge on any atom is -1.00 e. The maximum Gasteiger partial charge on any atom is 0.306 e. The first-order valence-corrected chi connectivity index (χ1v) is 26.0. The summed E-state index contributed by atoms with van der Waals surface area (Å²) >= 11 is 4.70. The molecule has 11 nitrogen and oxygen atoms in total. The van der Waals surface area contributed by atoms with E-state index in [1.165, 1.54) is 0 Å². The quantitative estimate of drug-likeness (QED) is 0.0194. The summed E-state index contributed by atoms with van der Waals surface area (Å²) in [6.07, 6.45) is 4.65. The molecule has 13 heteroatoms. The number of unbranched alkanes of at least 4 members (excludes halogenated alkanes) is 1. The Bertz CT molecular complexity index is 2490. The lowest BCUT2D eigenvalue weighted by atomic mass is 10.0. The monoisotopic (exact) mass is 1090 g/mol. The number of rotatable bonds is 24. The molecule has 0 aliphatic heterocycles. The van der Waals surface area contributed by atoms with Crippen molar-refractivity contribution in [2.24, 2.45) is 0 Å². The molecule has 0 spiro atoms. The van der Waals surface area contributed by atoms with Crippen molar-refractivity contribution in [2.45, 2.75) is 106 Å². The molecule has 0 saturated heterocycles. The van der Waals surface area contributed by atoms with Gasteiger partial charge in [0, 0.05) is 45.3 Å². The lowest BCUT2D eigenvalue weighted by molar-refractivity contribution is -0.372. The highest BCUT2D eigenvalue weighted by Gasteiger charge is 2.13. The van der Waals surface area contributed by atoms with Crippen LogP contribution < -0.4 is 18.1 Å². The molecule has 0 aliphatic rings. The number of aliphatic hydroxyl groups is 1. The highest BCUT2D eigenvalue weighted by molar-refractivity contribution is 7.78. The number of aliphatic hydroxyl groups excluding tert-OH is 1. The summed E-state index contributed by atoms with van der Waals surface area (Å²) in [7, 11) is 0. The Kier molecular flexibility index (Phi) is 38.0. The number of esters is 3. The van der Waals surface area contributed by atoms with Crippen molar-refractivity contribution < 1.29 is 69.0 Å². The van der Waals surface area contributed by atoms with Gasteiger partial charge in [-0.15, -0.1) is 0 Å². The van der Waals surface area contributed by atoms with E-state index < -0.39 is 6.88 Å². The van der Waals surface area contributed by atoms with E-state index in [9.17, 15) is 28.8 Å². The average Bonchev–Trinajstić information content (AvgIpc) is 3.48. The molecule has 0 saturated carbocycles. The number of benzene rings is 6. The first-order valence-electron chi connectivity index (χ1n) is 26.7. The van der Waals surface area contributed by atoms with E-state index in [1.807, 2.05) is 160 Å². The molecular weight excluding hydrogens is 1010 g/mol. The number of carbonyl (C=O) groups excluding carboxylic acids is 6. The predicted molar refractivity (Wildman–Crippen MR) is 310 cm³/mol. The van der Waals surface area contributed by atoms with Crippen LogP contribution in [0.1, 0.15) is 140 Å². The van der Waals surface area contributed by atoms with Crippen molar-refractivity contribution in [3.63, 3.8) is 0 Å². The Balaban J connectivity index is 0.00000106. The molecule has 4 N–H and O–H groups in total. The van der Waals surface area contributed by atoms with E-state index in [4.69, 9.17) is 34.3 Å². The molecule has 0 amide bonds. The summed E-state index contributed by atoms with van der Waals surface area (Å²) in [5, 5.41) is 9.50. The number of ketones is 3. The van der Waals surface area contributed by atoms with Crippen molar-refractivity contribution in [1.29, 1.82) is 0 Å². The van der Waals surface area contributed by atoms with Gasteiger partial charge in [0.1, 0.15) is 13.2 Å². The van der Waals surface area contributed by atoms with Crippen LogP contribution in [-0.4, -0.2) is 78.7 Å². The molecule has 77 heavy (non-hydrogen) atoms. The van der Waals surface area contributed by atoms with E-state index in [0.717, 1.165) is 59.1 Å². The molecule has 6 aromatic carbocycles. The third-order valence-electron chi connectivity index (χ3n) is 10.4. The zero-order valence-corrected chi connectivity index (χ0v) is 45.7. The van der Waals surface area contributed by atoms with E-state index in [-0.39, 0.29) is 93.6 Å². The van der Waals surface area contributed by atoms with Crippen molar-refractivity contribution >= 4 is 52.8 Å². The van der Waals surface area contributed by atoms with Crippen molar-refractivity contribution in [1.82, 2.24) is 0 Å². The maximum atomic E-state index is 12.1. The van der Waals surface area contributed by atoms with Crippen LogP contribution in [0.25, 0.3) is 33.4 Å². The van der Waals surface area contributed by atoms with Gasteiger partial charge < -0.3 is 37.5 Å². The van der Waals surface area contributed by atoms with Crippen molar-refractivity contribution in [3.05, 3.63) is 180 Å². The fourth-order valence-electron chi connectivity index (χ4n) is 6.49. The third kappa shape index (κ3) is 30.4. The molecule has 1 atom stereocenters. The second-order valence-electron chi connectivity index (χ2n) is 16.6. The Morgan fingerprint density at radius 3 is 1.05 bits per heavy atom. The van der Waals surface area contributed by atoms with Crippen LogP contribution in [0.4, 0.5) is 0 Å². The number of carbonyl (C=O) groups is 6. The fourth-order valence-corrected chi connectivity index (χ4v) is 6.66. The summed E-state index contributed by atoms with van der Waals surface area (Å²) in [6, 6.07) is 52.3. The van der Waals surface area contributed by atoms with Crippen LogP contribution in [0.5, 0.6) is 0 Å². The van der Waals surface area contributed by atoms with Crippen LogP contribution in [-0.2, 0) is 28.6 Å². The number of thiocarbonyl (C=S) groups is 1. The lowest BCUT2D eigenvalue weighted by Gasteiger charge is -2.05. The summed E-state index contributed by atoms with van der Waals surface area (Å²) in [4.78, 5) is 70.6. The molecule has 0 fully saturated rings. The summed E-state index contributed by atoms with van der Waals surface area (Å²) in [5.41, 5.74) is 12.0.